The Morgan fingerprint density at radius 1 is 1.21 bits per heavy atom. The van der Waals surface area contributed by atoms with Gasteiger partial charge in [0.05, 0.1) is 5.69 Å². The summed E-state index contributed by atoms with van der Waals surface area (Å²) in [7, 11) is 3.98. The average Bonchev–Trinajstić information content (AvgIpc) is 2.75. The molecule has 0 amide bonds. The maximum Gasteiger partial charge on any atom is 0.0641 e. The van der Waals surface area contributed by atoms with Gasteiger partial charge in [-0.05, 0) is 37.9 Å². The summed E-state index contributed by atoms with van der Waals surface area (Å²) in [5, 5.41) is 7.82. The Bertz CT molecular complexity index is 525. The van der Waals surface area contributed by atoms with E-state index in [-0.39, 0.29) is 0 Å². The molecule has 19 heavy (non-hydrogen) atoms. The standard InChI is InChI=1S/C16H23N3/c1-5-13-6-8-14(9-7-13)10-16(17-3)15-11-19(4)18-12(15)2/h6-9,11,16-17H,5,10H2,1-4H3. The highest BCUT2D eigenvalue weighted by Crippen LogP contribution is 2.21. The van der Waals surface area contributed by atoms with Crippen LogP contribution >= 0.6 is 0 Å². The fraction of sp³-hybridized carbons (Fsp3) is 0.438. The summed E-state index contributed by atoms with van der Waals surface area (Å²) in [6, 6.07) is 9.22. The quantitative estimate of drug-likeness (QED) is 0.892. The molecular weight excluding hydrogens is 234 g/mol. The summed E-state index contributed by atoms with van der Waals surface area (Å²) >= 11 is 0. The van der Waals surface area contributed by atoms with Gasteiger partial charge in [0.15, 0.2) is 0 Å². The van der Waals surface area contributed by atoms with Crippen LogP contribution in [0.1, 0.15) is 35.3 Å². The molecule has 0 spiro atoms. The first-order valence-corrected chi connectivity index (χ1v) is 6.89. The first-order valence-electron chi connectivity index (χ1n) is 6.89. The molecule has 102 valence electrons. The Morgan fingerprint density at radius 3 is 2.32 bits per heavy atom. The number of hydrogen-bond acceptors (Lipinski definition) is 2. The zero-order chi connectivity index (χ0) is 13.8. The van der Waals surface area contributed by atoms with E-state index in [0.717, 1.165) is 18.5 Å². The third kappa shape index (κ3) is 3.24. The third-order valence-electron chi connectivity index (χ3n) is 3.65. The molecule has 0 aliphatic carbocycles. The average molecular weight is 257 g/mol. The molecule has 2 rings (SSSR count). The molecule has 3 heteroatoms. The lowest BCUT2D eigenvalue weighted by Gasteiger charge is -2.16. The minimum absolute atomic E-state index is 0.321. The number of nitrogens with zero attached hydrogens (tertiary/aromatic N) is 2. The topological polar surface area (TPSA) is 29.9 Å². The second-order valence-corrected chi connectivity index (χ2v) is 5.06. The Morgan fingerprint density at radius 2 is 1.84 bits per heavy atom. The van der Waals surface area contributed by atoms with Crippen LogP contribution in [0.25, 0.3) is 0 Å². The third-order valence-corrected chi connectivity index (χ3v) is 3.65. The van der Waals surface area contributed by atoms with Gasteiger partial charge in [0, 0.05) is 24.8 Å². The molecule has 3 nitrogen and oxygen atoms in total. The fourth-order valence-corrected chi connectivity index (χ4v) is 2.47. The van der Waals surface area contributed by atoms with Gasteiger partial charge >= 0.3 is 0 Å². The van der Waals surface area contributed by atoms with Crippen LogP contribution in [0, 0.1) is 6.92 Å². The maximum absolute atomic E-state index is 4.43. The predicted octanol–water partition coefficient (Wildman–Crippen LogP) is 2.79. The molecule has 0 fully saturated rings. The van der Waals surface area contributed by atoms with Crippen LogP contribution in [-0.4, -0.2) is 16.8 Å². The Labute approximate surface area is 115 Å². The van der Waals surface area contributed by atoms with E-state index >= 15 is 0 Å². The molecule has 0 radical (unpaired) electrons. The summed E-state index contributed by atoms with van der Waals surface area (Å²) in [5.74, 6) is 0. The van der Waals surface area contributed by atoms with E-state index in [9.17, 15) is 0 Å². The molecule has 0 bridgehead atoms. The molecular formula is C16H23N3. The highest BCUT2D eigenvalue weighted by atomic mass is 15.3. The zero-order valence-electron chi connectivity index (χ0n) is 12.3. The number of hydrogen-bond donors (Lipinski definition) is 1. The maximum atomic E-state index is 4.43. The lowest BCUT2D eigenvalue weighted by Crippen LogP contribution is -2.19. The number of benzene rings is 1. The van der Waals surface area contributed by atoms with Gasteiger partial charge in [-0.1, -0.05) is 31.2 Å². The second kappa shape index (κ2) is 6.02. The van der Waals surface area contributed by atoms with Crippen molar-refractivity contribution in [2.24, 2.45) is 7.05 Å². The molecule has 1 atom stereocenters. The van der Waals surface area contributed by atoms with Crippen molar-refractivity contribution >= 4 is 0 Å². The number of nitrogens with one attached hydrogen (secondary N) is 1. The minimum atomic E-state index is 0.321. The molecule has 1 heterocycles. The predicted molar refractivity (Wildman–Crippen MR) is 79.3 cm³/mol. The van der Waals surface area contributed by atoms with Crippen LogP contribution in [0.5, 0.6) is 0 Å². The molecule has 0 aliphatic rings. The van der Waals surface area contributed by atoms with E-state index in [0.29, 0.717) is 6.04 Å². The van der Waals surface area contributed by atoms with Crippen molar-refractivity contribution in [3.05, 3.63) is 52.8 Å². The van der Waals surface area contributed by atoms with Gasteiger partial charge in [-0.15, -0.1) is 0 Å². The monoisotopic (exact) mass is 257 g/mol. The van der Waals surface area contributed by atoms with E-state index < -0.39 is 0 Å². The largest absolute Gasteiger partial charge is 0.313 e. The van der Waals surface area contributed by atoms with Crippen molar-refractivity contribution in [1.82, 2.24) is 15.1 Å². The van der Waals surface area contributed by atoms with E-state index in [1.165, 1.54) is 16.7 Å². The summed E-state index contributed by atoms with van der Waals surface area (Å²) in [5.41, 5.74) is 5.14. The van der Waals surface area contributed by atoms with Gasteiger partial charge in [-0.2, -0.15) is 5.10 Å². The van der Waals surface area contributed by atoms with Gasteiger partial charge in [-0.3, -0.25) is 4.68 Å². The van der Waals surface area contributed by atoms with Gasteiger partial charge in [0.25, 0.3) is 0 Å². The van der Waals surface area contributed by atoms with Crippen LogP contribution in [0.2, 0.25) is 0 Å². The first kappa shape index (κ1) is 13.8. The van der Waals surface area contributed by atoms with Crippen LogP contribution in [0.3, 0.4) is 0 Å². The summed E-state index contributed by atoms with van der Waals surface area (Å²) in [4.78, 5) is 0. The number of likely N-dealkylation sites (N-methyl/N-ethyl adjacent to an activating group) is 1. The fourth-order valence-electron chi connectivity index (χ4n) is 2.47. The van der Waals surface area contributed by atoms with Crippen molar-refractivity contribution in [1.29, 1.82) is 0 Å². The van der Waals surface area contributed by atoms with Crippen LogP contribution in [0.15, 0.2) is 30.5 Å². The first-order chi connectivity index (χ1) is 9.13. The van der Waals surface area contributed by atoms with Crippen LogP contribution in [0.4, 0.5) is 0 Å². The van der Waals surface area contributed by atoms with E-state index in [1.807, 2.05) is 18.8 Å². The van der Waals surface area contributed by atoms with E-state index in [2.05, 4.69) is 54.7 Å². The normalized spacial score (nSPS) is 12.6. The van der Waals surface area contributed by atoms with Crippen LogP contribution < -0.4 is 5.32 Å². The molecule has 1 aromatic heterocycles. The Balaban J connectivity index is 2.16. The van der Waals surface area contributed by atoms with Gasteiger partial charge in [0.2, 0.25) is 0 Å². The van der Waals surface area contributed by atoms with Crippen LogP contribution in [-0.2, 0) is 19.9 Å². The molecule has 1 aromatic carbocycles. The molecule has 1 N–H and O–H groups in total. The minimum Gasteiger partial charge on any atom is -0.313 e. The van der Waals surface area contributed by atoms with Gasteiger partial charge in [-0.25, -0.2) is 0 Å². The van der Waals surface area contributed by atoms with E-state index in [1.54, 1.807) is 0 Å². The number of rotatable bonds is 5. The van der Waals surface area contributed by atoms with Crippen molar-refractivity contribution in [2.75, 3.05) is 7.05 Å². The second-order valence-electron chi connectivity index (χ2n) is 5.06. The summed E-state index contributed by atoms with van der Waals surface area (Å²) in [6.45, 7) is 4.25. The molecule has 1 unspecified atom stereocenters. The van der Waals surface area contributed by atoms with Crippen molar-refractivity contribution in [2.45, 2.75) is 32.7 Å². The summed E-state index contributed by atoms with van der Waals surface area (Å²) in [6.07, 6.45) is 4.20. The number of aryl methyl sites for hydroxylation is 3. The SMILES string of the molecule is CCc1ccc(CC(NC)c2cn(C)nc2C)cc1. The molecule has 0 aliphatic heterocycles. The van der Waals surface area contributed by atoms with Crippen molar-refractivity contribution in [3.8, 4) is 0 Å². The van der Waals surface area contributed by atoms with Gasteiger partial charge < -0.3 is 5.32 Å². The highest BCUT2D eigenvalue weighted by Gasteiger charge is 2.15. The Hall–Kier alpha value is -1.61. The molecule has 0 saturated heterocycles. The molecule has 2 aromatic rings. The highest BCUT2D eigenvalue weighted by molar-refractivity contribution is 5.27. The van der Waals surface area contributed by atoms with Crippen molar-refractivity contribution in [3.63, 3.8) is 0 Å². The summed E-state index contributed by atoms with van der Waals surface area (Å²) < 4.78 is 1.88. The van der Waals surface area contributed by atoms with Crippen molar-refractivity contribution < 1.29 is 0 Å². The lowest BCUT2D eigenvalue weighted by molar-refractivity contribution is 0.588. The Kier molecular flexibility index (Phi) is 4.38. The number of aromatic nitrogens is 2. The van der Waals surface area contributed by atoms with Gasteiger partial charge in [0.1, 0.15) is 0 Å². The molecule has 0 saturated carbocycles. The zero-order valence-corrected chi connectivity index (χ0v) is 12.3. The van der Waals surface area contributed by atoms with E-state index in [4.69, 9.17) is 0 Å². The smallest absolute Gasteiger partial charge is 0.0641 e. The lowest BCUT2D eigenvalue weighted by atomic mass is 9.98.